The minimum absolute atomic E-state index is 0.439. The Hall–Kier alpha value is -1.06. The smallest absolute Gasteiger partial charge is 0.163 e. The lowest BCUT2D eigenvalue weighted by atomic mass is 9.81. The molecule has 0 aliphatic carbocycles. The SMILES string of the molecule is COc1ccc(C(C)(C)C(O)OC)c(C)c1. The lowest BCUT2D eigenvalue weighted by Crippen LogP contribution is -2.35. The van der Waals surface area contributed by atoms with Gasteiger partial charge in [0.1, 0.15) is 5.75 Å². The zero-order valence-corrected chi connectivity index (χ0v) is 10.6. The Kier molecular flexibility index (Phi) is 3.94. The molecule has 0 heterocycles. The van der Waals surface area contributed by atoms with Crippen molar-refractivity contribution in [3.8, 4) is 5.75 Å². The summed E-state index contributed by atoms with van der Waals surface area (Å²) in [7, 11) is 3.15. The fraction of sp³-hybridized carbons (Fsp3) is 0.538. The molecule has 1 aromatic carbocycles. The van der Waals surface area contributed by atoms with Crippen molar-refractivity contribution in [2.45, 2.75) is 32.5 Å². The third-order valence-corrected chi connectivity index (χ3v) is 2.97. The van der Waals surface area contributed by atoms with Crippen LogP contribution in [0.4, 0.5) is 0 Å². The van der Waals surface area contributed by atoms with E-state index in [4.69, 9.17) is 9.47 Å². The second-order valence-corrected chi connectivity index (χ2v) is 4.49. The Labute approximate surface area is 97.0 Å². The molecule has 1 atom stereocenters. The first-order valence-corrected chi connectivity index (χ1v) is 5.29. The van der Waals surface area contributed by atoms with Crippen LogP contribution in [0.1, 0.15) is 25.0 Å². The summed E-state index contributed by atoms with van der Waals surface area (Å²) in [5, 5.41) is 9.84. The van der Waals surface area contributed by atoms with Gasteiger partial charge in [-0.2, -0.15) is 0 Å². The molecule has 3 heteroatoms. The number of ether oxygens (including phenoxy) is 2. The normalized spacial score (nSPS) is 13.6. The van der Waals surface area contributed by atoms with Crippen LogP contribution < -0.4 is 4.74 Å². The van der Waals surface area contributed by atoms with E-state index in [9.17, 15) is 5.11 Å². The Morgan fingerprint density at radius 1 is 1.25 bits per heavy atom. The standard InChI is InChI=1S/C13H20O3/c1-9-8-10(15-4)6-7-11(9)13(2,3)12(14)16-5/h6-8,12,14H,1-5H3. The maximum absolute atomic E-state index is 9.84. The van der Waals surface area contributed by atoms with Crippen LogP contribution in [0, 0.1) is 6.92 Å². The van der Waals surface area contributed by atoms with E-state index in [2.05, 4.69) is 0 Å². The van der Waals surface area contributed by atoms with Crippen LogP contribution in [0.2, 0.25) is 0 Å². The number of aryl methyl sites for hydroxylation is 1. The van der Waals surface area contributed by atoms with E-state index in [1.165, 1.54) is 7.11 Å². The molecule has 1 N–H and O–H groups in total. The lowest BCUT2D eigenvalue weighted by Gasteiger charge is -2.31. The van der Waals surface area contributed by atoms with Gasteiger partial charge in [0.2, 0.25) is 0 Å². The first-order valence-electron chi connectivity index (χ1n) is 5.29. The minimum Gasteiger partial charge on any atom is -0.497 e. The summed E-state index contributed by atoms with van der Waals surface area (Å²) < 4.78 is 10.2. The van der Waals surface area contributed by atoms with Crippen molar-refractivity contribution in [3.63, 3.8) is 0 Å². The average molecular weight is 224 g/mol. The molecule has 0 radical (unpaired) electrons. The molecule has 1 rings (SSSR count). The monoisotopic (exact) mass is 224 g/mol. The highest BCUT2D eigenvalue weighted by Gasteiger charge is 2.31. The molecule has 0 amide bonds. The van der Waals surface area contributed by atoms with Gasteiger partial charge in [0.25, 0.3) is 0 Å². The third kappa shape index (κ3) is 2.36. The van der Waals surface area contributed by atoms with Gasteiger partial charge >= 0.3 is 0 Å². The maximum Gasteiger partial charge on any atom is 0.163 e. The van der Waals surface area contributed by atoms with Crippen LogP contribution in [0.5, 0.6) is 5.75 Å². The van der Waals surface area contributed by atoms with Crippen LogP contribution in [-0.2, 0) is 10.2 Å². The second kappa shape index (κ2) is 4.85. The summed E-state index contributed by atoms with van der Waals surface area (Å²) in [6, 6.07) is 5.82. The van der Waals surface area contributed by atoms with Crippen LogP contribution in [-0.4, -0.2) is 25.6 Å². The number of rotatable bonds is 4. The maximum atomic E-state index is 9.84. The molecular weight excluding hydrogens is 204 g/mol. The zero-order chi connectivity index (χ0) is 12.3. The second-order valence-electron chi connectivity index (χ2n) is 4.49. The van der Waals surface area contributed by atoms with E-state index in [1.807, 2.05) is 39.0 Å². The summed E-state index contributed by atoms with van der Waals surface area (Å²) in [5.41, 5.74) is 1.70. The van der Waals surface area contributed by atoms with Gasteiger partial charge in [-0.1, -0.05) is 19.9 Å². The molecule has 0 spiro atoms. The number of benzene rings is 1. The number of hydrogen-bond donors (Lipinski definition) is 1. The summed E-state index contributed by atoms with van der Waals surface area (Å²) in [4.78, 5) is 0. The van der Waals surface area contributed by atoms with Gasteiger partial charge in [-0.15, -0.1) is 0 Å². The van der Waals surface area contributed by atoms with E-state index in [1.54, 1.807) is 7.11 Å². The molecule has 0 saturated heterocycles. The number of aliphatic hydroxyl groups excluding tert-OH is 1. The van der Waals surface area contributed by atoms with E-state index in [0.29, 0.717) is 0 Å². The van der Waals surface area contributed by atoms with E-state index < -0.39 is 11.7 Å². The molecule has 3 nitrogen and oxygen atoms in total. The van der Waals surface area contributed by atoms with Crippen LogP contribution in [0.15, 0.2) is 18.2 Å². The molecule has 1 aromatic rings. The molecule has 0 saturated carbocycles. The van der Waals surface area contributed by atoms with Crippen LogP contribution in [0.3, 0.4) is 0 Å². The van der Waals surface area contributed by atoms with Gasteiger partial charge in [-0.25, -0.2) is 0 Å². The Morgan fingerprint density at radius 3 is 2.31 bits per heavy atom. The van der Waals surface area contributed by atoms with Crippen LogP contribution in [0.25, 0.3) is 0 Å². The molecule has 0 aliphatic heterocycles. The molecule has 0 aliphatic rings. The van der Waals surface area contributed by atoms with Crippen molar-refractivity contribution in [1.82, 2.24) is 0 Å². The van der Waals surface area contributed by atoms with E-state index in [-0.39, 0.29) is 0 Å². The largest absolute Gasteiger partial charge is 0.497 e. The highest BCUT2D eigenvalue weighted by molar-refractivity contribution is 5.39. The fourth-order valence-electron chi connectivity index (χ4n) is 1.91. The molecule has 90 valence electrons. The van der Waals surface area contributed by atoms with Crippen molar-refractivity contribution in [1.29, 1.82) is 0 Å². The first kappa shape index (κ1) is 13.0. The van der Waals surface area contributed by atoms with Crippen molar-refractivity contribution in [3.05, 3.63) is 29.3 Å². The Balaban J connectivity index is 3.13. The number of hydrogen-bond acceptors (Lipinski definition) is 3. The lowest BCUT2D eigenvalue weighted by molar-refractivity contribution is -0.117. The highest BCUT2D eigenvalue weighted by Crippen LogP contribution is 2.31. The van der Waals surface area contributed by atoms with Crippen LogP contribution >= 0.6 is 0 Å². The first-order chi connectivity index (χ1) is 7.43. The van der Waals surface area contributed by atoms with Crippen molar-refractivity contribution in [2.24, 2.45) is 0 Å². The van der Waals surface area contributed by atoms with Gasteiger partial charge in [-0.3, -0.25) is 0 Å². The summed E-state index contributed by atoms with van der Waals surface area (Å²) in [6.45, 7) is 5.91. The van der Waals surface area contributed by atoms with Gasteiger partial charge in [0.05, 0.1) is 7.11 Å². The van der Waals surface area contributed by atoms with Crippen molar-refractivity contribution >= 4 is 0 Å². The predicted molar refractivity (Wildman–Crippen MR) is 63.8 cm³/mol. The number of methoxy groups -OCH3 is 2. The molecule has 1 unspecified atom stereocenters. The Bertz CT molecular complexity index is 358. The molecular formula is C13H20O3. The highest BCUT2D eigenvalue weighted by atomic mass is 16.6. The quantitative estimate of drug-likeness (QED) is 0.797. The average Bonchev–Trinajstić information content (AvgIpc) is 2.27. The summed E-state index contributed by atoms with van der Waals surface area (Å²) >= 11 is 0. The topological polar surface area (TPSA) is 38.7 Å². The van der Waals surface area contributed by atoms with E-state index in [0.717, 1.165) is 16.9 Å². The number of aliphatic hydroxyl groups is 1. The molecule has 0 fully saturated rings. The van der Waals surface area contributed by atoms with Gasteiger partial charge in [0.15, 0.2) is 6.29 Å². The predicted octanol–water partition coefficient (Wildman–Crippen LogP) is 2.25. The minimum atomic E-state index is -0.820. The van der Waals surface area contributed by atoms with Crippen molar-refractivity contribution in [2.75, 3.05) is 14.2 Å². The molecule has 0 bridgehead atoms. The van der Waals surface area contributed by atoms with Gasteiger partial charge < -0.3 is 14.6 Å². The van der Waals surface area contributed by atoms with Gasteiger partial charge in [0, 0.05) is 12.5 Å². The fourth-order valence-corrected chi connectivity index (χ4v) is 1.91. The molecule has 0 aromatic heterocycles. The Morgan fingerprint density at radius 2 is 1.88 bits per heavy atom. The van der Waals surface area contributed by atoms with E-state index >= 15 is 0 Å². The van der Waals surface area contributed by atoms with Gasteiger partial charge in [-0.05, 0) is 30.2 Å². The third-order valence-electron chi connectivity index (χ3n) is 2.97. The zero-order valence-electron chi connectivity index (χ0n) is 10.6. The van der Waals surface area contributed by atoms with Crippen molar-refractivity contribution < 1.29 is 14.6 Å². The summed E-state index contributed by atoms with van der Waals surface area (Å²) in [5.74, 6) is 0.823. The summed E-state index contributed by atoms with van der Waals surface area (Å²) in [6.07, 6.45) is -0.820. The molecule has 16 heavy (non-hydrogen) atoms.